The fourth-order valence-corrected chi connectivity index (χ4v) is 3.32. The molecule has 146 valence electrons. The van der Waals surface area contributed by atoms with Gasteiger partial charge in [0.25, 0.3) is 0 Å². The highest BCUT2D eigenvalue weighted by molar-refractivity contribution is 6.32. The molecule has 0 saturated carbocycles. The second-order valence-corrected chi connectivity index (χ2v) is 7.24. The number of benzene rings is 1. The predicted molar refractivity (Wildman–Crippen MR) is 107 cm³/mol. The van der Waals surface area contributed by atoms with Crippen LogP contribution in [-0.2, 0) is 11.2 Å². The van der Waals surface area contributed by atoms with Crippen LogP contribution in [0.5, 0.6) is 5.75 Å². The van der Waals surface area contributed by atoms with Crippen molar-refractivity contribution in [1.82, 2.24) is 5.16 Å². The van der Waals surface area contributed by atoms with E-state index in [4.69, 9.17) is 25.6 Å². The zero-order valence-corrected chi connectivity index (χ0v) is 16.6. The number of rotatable bonds is 11. The van der Waals surface area contributed by atoms with Gasteiger partial charge in [0.1, 0.15) is 18.1 Å². The fraction of sp³-hybridized carbons (Fsp3) is 0.524. The summed E-state index contributed by atoms with van der Waals surface area (Å²) in [6.45, 7) is 4.00. The van der Waals surface area contributed by atoms with Gasteiger partial charge < -0.3 is 14.0 Å². The second kappa shape index (κ2) is 10.4. The maximum absolute atomic E-state index is 6.31. The lowest BCUT2D eigenvalue weighted by Crippen LogP contribution is -2.02. The Bertz CT molecular complexity index is 758. The summed E-state index contributed by atoms with van der Waals surface area (Å²) >= 11 is 6.31. The van der Waals surface area contributed by atoms with E-state index in [1.54, 1.807) is 0 Å². The Balaban J connectivity index is 1.25. The molecule has 2 heterocycles. The third kappa shape index (κ3) is 6.28. The molecule has 0 bridgehead atoms. The zero-order valence-electron chi connectivity index (χ0n) is 15.9. The van der Waals surface area contributed by atoms with Crippen molar-refractivity contribution in [3.63, 3.8) is 0 Å². The number of aryl methyl sites for hydroxylation is 2. The molecule has 27 heavy (non-hydrogen) atoms. The topological polar surface area (TPSA) is 56.9 Å². The van der Waals surface area contributed by atoms with Crippen molar-refractivity contribution in [2.45, 2.75) is 51.9 Å². The van der Waals surface area contributed by atoms with E-state index < -0.39 is 0 Å². The van der Waals surface area contributed by atoms with Gasteiger partial charge in [-0.3, -0.25) is 0 Å². The summed E-state index contributed by atoms with van der Waals surface area (Å²) in [5, 5.41) is 4.52. The molecule has 1 aliphatic rings. The molecule has 0 aliphatic carbocycles. The van der Waals surface area contributed by atoms with E-state index in [9.17, 15) is 0 Å². The highest BCUT2D eigenvalue weighted by Crippen LogP contribution is 2.26. The van der Waals surface area contributed by atoms with E-state index in [1.165, 1.54) is 25.7 Å². The molecular weight excluding hydrogens is 364 g/mol. The molecule has 1 aromatic carbocycles. The Morgan fingerprint density at radius 3 is 2.59 bits per heavy atom. The number of unbranched alkanes of at least 4 members (excludes halogenated alkanes) is 5. The molecular formula is C21H27ClN2O3. The summed E-state index contributed by atoms with van der Waals surface area (Å²) in [6, 6.07) is 7.72. The second-order valence-electron chi connectivity index (χ2n) is 6.83. The Morgan fingerprint density at radius 1 is 1.07 bits per heavy atom. The first-order valence-electron chi connectivity index (χ1n) is 9.74. The van der Waals surface area contributed by atoms with Crippen molar-refractivity contribution in [1.29, 1.82) is 0 Å². The van der Waals surface area contributed by atoms with Gasteiger partial charge in [0, 0.05) is 18.1 Å². The Labute approximate surface area is 165 Å². The van der Waals surface area contributed by atoms with Crippen molar-refractivity contribution in [2.24, 2.45) is 4.99 Å². The van der Waals surface area contributed by atoms with Crippen molar-refractivity contribution in [3.8, 4) is 5.75 Å². The minimum Gasteiger partial charge on any atom is -0.492 e. The van der Waals surface area contributed by atoms with Gasteiger partial charge >= 0.3 is 0 Å². The molecule has 6 heteroatoms. The largest absolute Gasteiger partial charge is 0.492 e. The molecule has 1 aliphatic heterocycles. The Hall–Kier alpha value is -2.01. The minimum absolute atomic E-state index is 0.605. The molecule has 0 amide bonds. The van der Waals surface area contributed by atoms with E-state index >= 15 is 0 Å². The number of ether oxygens (including phenoxy) is 2. The molecule has 0 N–H and O–H groups in total. The van der Waals surface area contributed by atoms with E-state index in [2.05, 4.69) is 10.1 Å². The number of nitrogens with zero attached hydrogens (tertiary/aromatic N) is 2. The lowest BCUT2D eigenvalue weighted by atomic mass is 10.1. The number of hydrogen-bond acceptors (Lipinski definition) is 5. The molecule has 1 aromatic heterocycles. The third-order valence-corrected chi connectivity index (χ3v) is 4.81. The summed E-state index contributed by atoms with van der Waals surface area (Å²) in [4.78, 5) is 4.30. The maximum Gasteiger partial charge on any atom is 0.216 e. The summed E-state index contributed by atoms with van der Waals surface area (Å²) in [7, 11) is 0. The molecule has 0 fully saturated rings. The van der Waals surface area contributed by atoms with Crippen molar-refractivity contribution in [3.05, 3.63) is 46.3 Å². The van der Waals surface area contributed by atoms with Crippen molar-refractivity contribution >= 4 is 17.5 Å². The molecule has 3 rings (SSSR count). The van der Waals surface area contributed by atoms with E-state index in [1.807, 2.05) is 31.2 Å². The Kier molecular flexibility index (Phi) is 7.57. The zero-order chi connectivity index (χ0) is 18.9. The lowest BCUT2D eigenvalue weighted by Gasteiger charge is -2.09. The van der Waals surface area contributed by atoms with Crippen LogP contribution in [0.4, 0.5) is 0 Å². The molecule has 0 saturated heterocycles. The Morgan fingerprint density at radius 2 is 1.89 bits per heavy atom. The molecule has 5 nitrogen and oxygen atoms in total. The van der Waals surface area contributed by atoms with Gasteiger partial charge in [-0.05, 0) is 38.0 Å². The van der Waals surface area contributed by atoms with E-state index in [0.29, 0.717) is 30.7 Å². The maximum atomic E-state index is 6.31. The average molecular weight is 391 g/mol. The first-order valence-corrected chi connectivity index (χ1v) is 10.1. The van der Waals surface area contributed by atoms with E-state index in [0.717, 1.165) is 42.0 Å². The number of aliphatic imine (C=N–C) groups is 1. The minimum atomic E-state index is 0.605. The van der Waals surface area contributed by atoms with Gasteiger partial charge in [0.15, 0.2) is 0 Å². The van der Waals surface area contributed by atoms with Gasteiger partial charge in [0.05, 0.1) is 23.9 Å². The first kappa shape index (κ1) is 19.7. The standard InChI is InChI=1S/C21H27ClN2O3/c1-16-14-18(27-24-16)8-6-4-2-3-5-7-12-25-20-10-9-17(15-19(20)22)21-23-11-13-26-21/h9-10,14-15H,2-8,11-13H2,1H3. The van der Waals surface area contributed by atoms with Crippen LogP contribution in [0.2, 0.25) is 5.02 Å². The molecule has 0 radical (unpaired) electrons. The highest BCUT2D eigenvalue weighted by Gasteiger charge is 2.12. The smallest absolute Gasteiger partial charge is 0.216 e. The normalized spacial score (nSPS) is 13.5. The van der Waals surface area contributed by atoms with Crippen molar-refractivity contribution in [2.75, 3.05) is 19.8 Å². The van der Waals surface area contributed by atoms with Crippen LogP contribution in [-0.4, -0.2) is 30.8 Å². The van der Waals surface area contributed by atoms with E-state index in [-0.39, 0.29) is 0 Å². The predicted octanol–water partition coefficient (Wildman–Crippen LogP) is 5.38. The summed E-state index contributed by atoms with van der Waals surface area (Å²) in [5.74, 6) is 2.39. The third-order valence-electron chi connectivity index (χ3n) is 4.52. The summed E-state index contributed by atoms with van der Waals surface area (Å²) in [6.07, 6.45) is 8.03. The van der Waals surface area contributed by atoms with Gasteiger partial charge in [-0.25, -0.2) is 4.99 Å². The molecule has 0 unspecified atom stereocenters. The summed E-state index contributed by atoms with van der Waals surface area (Å²) in [5.41, 5.74) is 1.87. The van der Waals surface area contributed by atoms with Gasteiger partial charge in [-0.15, -0.1) is 0 Å². The van der Waals surface area contributed by atoms with Crippen LogP contribution in [0.3, 0.4) is 0 Å². The first-order chi connectivity index (χ1) is 13.2. The van der Waals surface area contributed by atoms with Crippen molar-refractivity contribution < 1.29 is 14.0 Å². The fourth-order valence-electron chi connectivity index (χ4n) is 3.09. The van der Waals surface area contributed by atoms with Gasteiger partial charge in [-0.1, -0.05) is 42.4 Å². The number of aromatic nitrogens is 1. The van der Waals surface area contributed by atoms with Gasteiger partial charge in [0.2, 0.25) is 5.90 Å². The molecule has 0 spiro atoms. The lowest BCUT2D eigenvalue weighted by molar-refractivity contribution is 0.304. The monoisotopic (exact) mass is 390 g/mol. The average Bonchev–Trinajstić information content (AvgIpc) is 3.33. The van der Waals surface area contributed by atoms with Crippen LogP contribution >= 0.6 is 11.6 Å². The van der Waals surface area contributed by atoms with Crippen LogP contribution in [0.25, 0.3) is 0 Å². The number of halogens is 1. The summed E-state index contributed by atoms with van der Waals surface area (Å²) < 4.78 is 16.5. The molecule has 0 atom stereocenters. The van der Waals surface area contributed by atoms with Crippen LogP contribution in [0.1, 0.15) is 55.5 Å². The van der Waals surface area contributed by atoms with Gasteiger partial charge in [-0.2, -0.15) is 0 Å². The van der Waals surface area contributed by atoms with Crippen LogP contribution in [0, 0.1) is 6.92 Å². The quantitative estimate of drug-likeness (QED) is 0.483. The number of hydrogen-bond donors (Lipinski definition) is 0. The molecule has 2 aromatic rings. The SMILES string of the molecule is Cc1cc(CCCCCCCCOc2ccc(C3=NCCO3)cc2Cl)on1. The highest BCUT2D eigenvalue weighted by atomic mass is 35.5. The van der Waals surface area contributed by atoms with Crippen LogP contribution in [0.15, 0.2) is 33.8 Å². The van der Waals surface area contributed by atoms with Crippen LogP contribution < -0.4 is 4.74 Å².